The second kappa shape index (κ2) is 36.7. The molecule has 0 saturated carbocycles. The fourth-order valence-electron chi connectivity index (χ4n) is 7.24. The van der Waals surface area contributed by atoms with Gasteiger partial charge in [-0.2, -0.15) is 8.42 Å². The highest BCUT2D eigenvalue weighted by molar-refractivity contribution is 7.80. The van der Waals surface area contributed by atoms with Crippen LogP contribution in [-0.2, 0) is 28.9 Å². The minimum Gasteiger partial charge on any atom is -0.394 e. The van der Waals surface area contributed by atoms with Crippen LogP contribution in [0.2, 0.25) is 0 Å². The van der Waals surface area contributed by atoms with Crippen LogP contribution < -0.4 is 5.32 Å². The number of unbranched alkanes of at least 4 members (excludes halogenated alkanes) is 22. The van der Waals surface area contributed by atoms with E-state index >= 15 is 0 Å². The number of carbonyl (C=O) groups excluding carboxylic acids is 1. The standard InChI is InChI=1S/C46H85NO12S/c1-3-5-7-9-11-13-15-17-19-20-21-23-24-26-28-30-32-34-39(49)38(37-57-46-43(52)44(59-60(54,55)56)42(51)41(36-48)58-46)47-45(53)40(50)35-33-31-29-27-25-22-18-16-14-12-10-8-6-4-2/h14,16,24,26,32,34,38-44,46,48-52H,3-13,15,17-23,25,27-31,33,35-37H2,1-2H3,(H,47,53)(H,54,55,56)/b16-14-,26-24+,34-32+. The quantitative estimate of drug-likeness (QED) is 0.0178. The van der Waals surface area contributed by atoms with E-state index in [0.717, 1.165) is 64.2 Å². The van der Waals surface area contributed by atoms with E-state index in [-0.39, 0.29) is 6.42 Å². The maximum absolute atomic E-state index is 13.1. The van der Waals surface area contributed by atoms with Gasteiger partial charge in [0.15, 0.2) is 6.29 Å². The van der Waals surface area contributed by atoms with E-state index in [1.54, 1.807) is 6.08 Å². The first-order valence-electron chi connectivity index (χ1n) is 23.5. The fraction of sp³-hybridized carbons (Fsp3) is 0.848. The lowest BCUT2D eigenvalue weighted by Gasteiger charge is -2.41. The number of hydrogen-bond acceptors (Lipinski definition) is 11. The molecule has 352 valence electrons. The molecule has 1 aliphatic heterocycles. The first kappa shape index (κ1) is 56.3. The van der Waals surface area contributed by atoms with Gasteiger partial charge in [0, 0.05) is 0 Å². The first-order chi connectivity index (χ1) is 28.9. The van der Waals surface area contributed by atoms with Gasteiger partial charge in [-0.25, -0.2) is 4.18 Å². The molecule has 1 amide bonds. The van der Waals surface area contributed by atoms with Crippen molar-refractivity contribution in [2.45, 2.75) is 236 Å². The van der Waals surface area contributed by atoms with Gasteiger partial charge in [-0.05, 0) is 57.8 Å². The highest BCUT2D eigenvalue weighted by Crippen LogP contribution is 2.26. The molecule has 8 atom stereocenters. The van der Waals surface area contributed by atoms with Crippen LogP contribution in [0.4, 0.5) is 0 Å². The highest BCUT2D eigenvalue weighted by Gasteiger charge is 2.48. The molecule has 0 aromatic heterocycles. The van der Waals surface area contributed by atoms with E-state index in [0.29, 0.717) is 12.8 Å². The van der Waals surface area contributed by atoms with Crippen molar-refractivity contribution in [3.8, 4) is 0 Å². The summed E-state index contributed by atoms with van der Waals surface area (Å²) in [7, 11) is -5.12. The second-order valence-electron chi connectivity index (χ2n) is 16.5. The zero-order chi connectivity index (χ0) is 44.3. The molecule has 1 saturated heterocycles. The third-order valence-electron chi connectivity index (χ3n) is 11.0. The average molecular weight is 876 g/mol. The summed E-state index contributed by atoms with van der Waals surface area (Å²) in [5.41, 5.74) is 0. The third kappa shape index (κ3) is 28.8. The van der Waals surface area contributed by atoms with Crippen LogP contribution >= 0.6 is 0 Å². The Hall–Kier alpha value is -1.72. The van der Waals surface area contributed by atoms with Crippen molar-refractivity contribution in [1.82, 2.24) is 5.32 Å². The van der Waals surface area contributed by atoms with Gasteiger partial charge in [0.1, 0.15) is 30.5 Å². The molecule has 7 N–H and O–H groups in total. The van der Waals surface area contributed by atoms with Gasteiger partial charge in [-0.1, -0.05) is 166 Å². The summed E-state index contributed by atoms with van der Waals surface area (Å²) in [5, 5.41) is 55.2. The summed E-state index contributed by atoms with van der Waals surface area (Å²) in [6.07, 6.45) is 30.8. The molecule has 1 heterocycles. The summed E-state index contributed by atoms with van der Waals surface area (Å²) in [6.45, 7) is 3.18. The molecule has 8 unspecified atom stereocenters. The Morgan fingerprint density at radius 3 is 1.62 bits per heavy atom. The topological polar surface area (TPSA) is 212 Å². The van der Waals surface area contributed by atoms with Crippen LogP contribution in [0.1, 0.15) is 187 Å². The van der Waals surface area contributed by atoms with E-state index in [1.807, 2.05) is 0 Å². The summed E-state index contributed by atoms with van der Waals surface area (Å²) in [5.74, 6) is -0.718. The van der Waals surface area contributed by atoms with Gasteiger partial charge >= 0.3 is 10.4 Å². The molecule has 0 radical (unpaired) electrons. The number of aliphatic hydroxyl groups is 5. The van der Waals surface area contributed by atoms with E-state index in [2.05, 4.69) is 47.7 Å². The lowest BCUT2D eigenvalue weighted by molar-refractivity contribution is -0.298. The Morgan fingerprint density at radius 2 is 1.12 bits per heavy atom. The van der Waals surface area contributed by atoms with Crippen LogP contribution in [0.15, 0.2) is 36.5 Å². The van der Waals surface area contributed by atoms with Crippen molar-refractivity contribution < 1.29 is 57.0 Å². The lowest BCUT2D eigenvalue weighted by atomic mass is 9.99. The fourth-order valence-corrected chi connectivity index (χ4v) is 7.74. The number of nitrogens with one attached hydrogen (secondary N) is 1. The van der Waals surface area contributed by atoms with Gasteiger partial charge < -0.3 is 40.3 Å². The Labute approximate surface area is 363 Å². The Balaban J connectivity index is 2.62. The zero-order valence-corrected chi connectivity index (χ0v) is 37.9. The van der Waals surface area contributed by atoms with Crippen molar-refractivity contribution in [1.29, 1.82) is 0 Å². The van der Waals surface area contributed by atoms with Crippen LogP contribution in [0.3, 0.4) is 0 Å². The number of hydrogen-bond donors (Lipinski definition) is 7. The van der Waals surface area contributed by atoms with E-state index < -0.39 is 78.5 Å². The number of allylic oxidation sites excluding steroid dienone is 5. The number of amides is 1. The van der Waals surface area contributed by atoms with Gasteiger partial charge in [-0.15, -0.1) is 0 Å². The molecular formula is C46H85NO12S. The number of carbonyl (C=O) groups is 1. The normalized spacial score (nSPS) is 21.6. The smallest absolute Gasteiger partial charge is 0.394 e. The Morgan fingerprint density at radius 1 is 0.667 bits per heavy atom. The largest absolute Gasteiger partial charge is 0.397 e. The molecule has 1 rings (SSSR count). The van der Waals surface area contributed by atoms with Crippen molar-refractivity contribution in [2.75, 3.05) is 13.2 Å². The highest BCUT2D eigenvalue weighted by atomic mass is 32.3. The molecule has 1 fully saturated rings. The summed E-state index contributed by atoms with van der Waals surface area (Å²) in [4.78, 5) is 13.1. The summed E-state index contributed by atoms with van der Waals surface area (Å²) in [6, 6.07) is -1.14. The monoisotopic (exact) mass is 876 g/mol. The molecular weight excluding hydrogens is 791 g/mol. The summed E-state index contributed by atoms with van der Waals surface area (Å²) < 4.78 is 47.5. The molecule has 0 aromatic carbocycles. The molecule has 0 aliphatic carbocycles. The average Bonchev–Trinajstić information content (AvgIpc) is 3.22. The lowest BCUT2D eigenvalue weighted by Crippen LogP contribution is -2.61. The number of rotatable bonds is 39. The molecule has 13 nitrogen and oxygen atoms in total. The van der Waals surface area contributed by atoms with Gasteiger partial charge in [-0.3, -0.25) is 9.35 Å². The molecule has 0 bridgehead atoms. The van der Waals surface area contributed by atoms with Crippen molar-refractivity contribution in [3.63, 3.8) is 0 Å². The van der Waals surface area contributed by atoms with Crippen molar-refractivity contribution >= 4 is 16.3 Å². The van der Waals surface area contributed by atoms with E-state index in [9.17, 15) is 43.3 Å². The Bertz CT molecular complexity index is 1230. The molecule has 0 spiro atoms. The summed E-state index contributed by atoms with van der Waals surface area (Å²) >= 11 is 0. The number of aliphatic hydroxyl groups excluding tert-OH is 5. The Kier molecular flexibility index (Phi) is 34.5. The van der Waals surface area contributed by atoms with Crippen LogP contribution in [0, 0.1) is 0 Å². The predicted octanol–water partition coefficient (Wildman–Crippen LogP) is 8.08. The third-order valence-corrected chi connectivity index (χ3v) is 11.5. The second-order valence-corrected chi connectivity index (χ2v) is 17.5. The minimum absolute atomic E-state index is 0.229. The van der Waals surface area contributed by atoms with Crippen LogP contribution in [-0.4, -0.2) is 107 Å². The van der Waals surface area contributed by atoms with Gasteiger partial charge in [0.05, 0.1) is 25.4 Å². The van der Waals surface area contributed by atoms with Crippen LogP contribution in [0.25, 0.3) is 0 Å². The van der Waals surface area contributed by atoms with Crippen molar-refractivity contribution in [2.24, 2.45) is 0 Å². The first-order valence-corrected chi connectivity index (χ1v) is 24.8. The van der Waals surface area contributed by atoms with Crippen molar-refractivity contribution in [3.05, 3.63) is 36.5 Å². The molecule has 60 heavy (non-hydrogen) atoms. The molecule has 1 aliphatic rings. The van der Waals surface area contributed by atoms with Crippen LogP contribution in [0.5, 0.6) is 0 Å². The zero-order valence-electron chi connectivity index (χ0n) is 37.1. The predicted molar refractivity (Wildman–Crippen MR) is 238 cm³/mol. The van der Waals surface area contributed by atoms with E-state index in [1.165, 1.54) is 96.0 Å². The maximum atomic E-state index is 13.1. The SMILES string of the molecule is CCCCCC/C=C\CCCCCCCCC(O)C(=O)NC(COC1OC(CO)C(O)C(OS(=O)(=O)O)C1O)C(O)/C=C/CC/C=C/CCCCCCCCCCCCC. The number of ether oxygens (including phenoxy) is 2. The van der Waals surface area contributed by atoms with Gasteiger partial charge in [0.2, 0.25) is 5.91 Å². The minimum atomic E-state index is -5.12. The molecule has 14 heteroatoms. The molecule has 0 aromatic rings. The maximum Gasteiger partial charge on any atom is 0.397 e. The van der Waals surface area contributed by atoms with E-state index in [4.69, 9.17) is 9.47 Å². The van der Waals surface area contributed by atoms with Gasteiger partial charge in [0.25, 0.3) is 0 Å².